The molecule has 7 heteroatoms. The lowest BCUT2D eigenvalue weighted by atomic mass is 10.2. The van der Waals surface area contributed by atoms with E-state index in [1.165, 1.54) is 19.2 Å². The maximum atomic E-state index is 13.0. The zero-order valence-corrected chi connectivity index (χ0v) is 17.2. The zero-order valence-electron chi connectivity index (χ0n) is 16.5. The van der Waals surface area contributed by atoms with E-state index in [1.54, 1.807) is 60.7 Å². The largest absolute Gasteiger partial charge is 0.496 e. The molecule has 1 aliphatic rings. The molecule has 3 aromatic rings. The number of esters is 1. The molecule has 0 saturated carbocycles. The first kappa shape index (κ1) is 20.6. The predicted octanol–water partition coefficient (Wildman–Crippen LogP) is 5.41. The van der Waals surface area contributed by atoms with Crippen LogP contribution in [0.1, 0.15) is 16.7 Å². The van der Waals surface area contributed by atoms with Gasteiger partial charge in [0.05, 0.1) is 12.7 Å². The smallest absolute Gasteiger partial charge is 0.363 e. The van der Waals surface area contributed by atoms with Gasteiger partial charge in [-0.3, -0.25) is 0 Å². The Hall–Kier alpha value is -3.64. The second-order valence-corrected chi connectivity index (χ2v) is 7.10. The molecule has 0 spiro atoms. The molecule has 0 N–H and O–H groups in total. The molecule has 1 aliphatic heterocycles. The molecule has 0 fully saturated rings. The van der Waals surface area contributed by atoms with E-state index in [0.717, 1.165) is 11.1 Å². The van der Waals surface area contributed by atoms with Crippen LogP contribution in [0, 0.1) is 5.82 Å². The summed E-state index contributed by atoms with van der Waals surface area (Å²) in [5.74, 6) is 0.433. The van der Waals surface area contributed by atoms with Crippen LogP contribution in [0.15, 0.2) is 77.4 Å². The average molecular weight is 438 g/mol. The van der Waals surface area contributed by atoms with Gasteiger partial charge in [0.1, 0.15) is 23.9 Å². The Morgan fingerprint density at radius 3 is 2.52 bits per heavy atom. The normalized spacial score (nSPS) is 14.4. The van der Waals surface area contributed by atoms with Crippen molar-refractivity contribution in [1.82, 2.24) is 0 Å². The number of benzene rings is 3. The fourth-order valence-electron chi connectivity index (χ4n) is 2.94. The van der Waals surface area contributed by atoms with Crippen molar-refractivity contribution >= 4 is 29.5 Å². The summed E-state index contributed by atoms with van der Waals surface area (Å²) in [6.07, 6.45) is 1.62. The minimum absolute atomic E-state index is 0.134. The van der Waals surface area contributed by atoms with E-state index < -0.39 is 5.97 Å². The van der Waals surface area contributed by atoms with Gasteiger partial charge >= 0.3 is 5.97 Å². The topological polar surface area (TPSA) is 57.1 Å². The van der Waals surface area contributed by atoms with Gasteiger partial charge in [-0.1, -0.05) is 35.9 Å². The van der Waals surface area contributed by atoms with Crippen molar-refractivity contribution in [2.45, 2.75) is 6.61 Å². The number of hydrogen-bond acceptors (Lipinski definition) is 5. The zero-order chi connectivity index (χ0) is 21.8. The summed E-state index contributed by atoms with van der Waals surface area (Å²) in [6, 6.07) is 18.3. The summed E-state index contributed by atoms with van der Waals surface area (Å²) in [7, 11) is 1.51. The molecular formula is C24H17ClFNO4. The van der Waals surface area contributed by atoms with Crippen molar-refractivity contribution in [2.24, 2.45) is 4.99 Å². The number of rotatable bonds is 6. The third-order valence-corrected chi connectivity index (χ3v) is 4.75. The minimum Gasteiger partial charge on any atom is -0.496 e. The van der Waals surface area contributed by atoms with E-state index in [1.807, 2.05) is 0 Å². The number of carbonyl (C=O) groups excluding carboxylic acids is 1. The maximum absolute atomic E-state index is 13.0. The summed E-state index contributed by atoms with van der Waals surface area (Å²) in [6.45, 7) is 0.322. The number of hydrogen-bond donors (Lipinski definition) is 0. The lowest BCUT2D eigenvalue weighted by Gasteiger charge is -2.07. The molecule has 1 heterocycles. The summed E-state index contributed by atoms with van der Waals surface area (Å²) < 4.78 is 29.3. The Morgan fingerprint density at radius 1 is 1.06 bits per heavy atom. The first-order chi connectivity index (χ1) is 15.0. The number of nitrogens with zero attached hydrogens (tertiary/aromatic N) is 1. The van der Waals surface area contributed by atoms with Crippen LogP contribution in [0.5, 0.6) is 11.5 Å². The molecule has 0 bridgehead atoms. The fraction of sp³-hybridized carbons (Fsp3) is 0.0833. The van der Waals surface area contributed by atoms with Gasteiger partial charge in [0.25, 0.3) is 0 Å². The Morgan fingerprint density at radius 2 is 1.81 bits per heavy atom. The SMILES string of the molecule is COc1ccc(Cl)cc1C1=N/C(=C\c2ccc(OCc3ccc(F)cc3)cc2)C(=O)O1. The van der Waals surface area contributed by atoms with Crippen molar-refractivity contribution in [2.75, 3.05) is 7.11 Å². The van der Waals surface area contributed by atoms with Gasteiger partial charge in [-0.2, -0.15) is 0 Å². The number of aliphatic imine (C=N–C) groups is 1. The summed E-state index contributed by atoms with van der Waals surface area (Å²) in [5, 5.41) is 0.475. The first-order valence-corrected chi connectivity index (χ1v) is 9.73. The van der Waals surface area contributed by atoms with Gasteiger partial charge in [0, 0.05) is 5.02 Å². The third kappa shape index (κ3) is 4.92. The van der Waals surface area contributed by atoms with E-state index >= 15 is 0 Å². The Bertz CT molecular complexity index is 1170. The second kappa shape index (κ2) is 9.02. The van der Waals surface area contributed by atoms with Crippen molar-refractivity contribution in [3.8, 4) is 11.5 Å². The van der Waals surface area contributed by atoms with E-state index in [0.29, 0.717) is 28.7 Å². The maximum Gasteiger partial charge on any atom is 0.363 e. The van der Waals surface area contributed by atoms with Crippen molar-refractivity contribution in [3.63, 3.8) is 0 Å². The molecule has 0 radical (unpaired) electrons. The van der Waals surface area contributed by atoms with Crippen LogP contribution in [0.2, 0.25) is 5.02 Å². The van der Waals surface area contributed by atoms with Crippen LogP contribution in [-0.4, -0.2) is 19.0 Å². The number of methoxy groups -OCH3 is 1. The molecule has 3 aromatic carbocycles. The van der Waals surface area contributed by atoms with Gasteiger partial charge in [0.2, 0.25) is 5.90 Å². The van der Waals surface area contributed by atoms with Crippen molar-refractivity contribution in [1.29, 1.82) is 0 Å². The summed E-state index contributed by atoms with van der Waals surface area (Å²) >= 11 is 6.05. The second-order valence-electron chi connectivity index (χ2n) is 6.66. The minimum atomic E-state index is -0.561. The average Bonchev–Trinajstić information content (AvgIpc) is 3.14. The molecule has 156 valence electrons. The highest BCUT2D eigenvalue weighted by Gasteiger charge is 2.26. The first-order valence-electron chi connectivity index (χ1n) is 9.35. The number of cyclic esters (lactones) is 1. The molecule has 4 rings (SSSR count). The highest BCUT2D eigenvalue weighted by atomic mass is 35.5. The van der Waals surface area contributed by atoms with Gasteiger partial charge in [-0.15, -0.1) is 0 Å². The highest BCUT2D eigenvalue weighted by Crippen LogP contribution is 2.28. The van der Waals surface area contributed by atoms with E-state index in [-0.39, 0.29) is 17.4 Å². The van der Waals surface area contributed by atoms with E-state index in [9.17, 15) is 9.18 Å². The van der Waals surface area contributed by atoms with Crippen LogP contribution >= 0.6 is 11.6 Å². The molecule has 0 saturated heterocycles. The van der Waals surface area contributed by atoms with Crippen LogP contribution in [0.3, 0.4) is 0 Å². The van der Waals surface area contributed by atoms with Gasteiger partial charge in [-0.25, -0.2) is 14.2 Å². The van der Waals surface area contributed by atoms with Crippen LogP contribution in [0.25, 0.3) is 6.08 Å². The fourth-order valence-corrected chi connectivity index (χ4v) is 3.11. The Kier molecular flexibility index (Phi) is 6.00. The summed E-state index contributed by atoms with van der Waals surface area (Å²) in [4.78, 5) is 16.6. The standard InChI is InChI=1S/C24H17ClFNO4/c1-29-22-11-6-17(25)13-20(22)23-27-21(24(28)31-23)12-15-4-9-19(10-5-15)30-14-16-2-7-18(26)8-3-16/h2-13H,14H2,1H3/b21-12-. The van der Waals surface area contributed by atoms with E-state index in [2.05, 4.69) is 4.99 Å². The molecule has 0 amide bonds. The Balaban J connectivity index is 1.48. The van der Waals surface area contributed by atoms with Crippen LogP contribution < -0.4 is 9.47 Å². The predicted molar refractivity (Wildman–Crippen MR) is 116 cm³/mol. The van der Waals surface area contributed by atoms with E-state index in [4.69, 9.17) is 25.8 Å². The molecule has 0 unspecified atom stereocenters. The number of ether oxygens (including phenoxy) is 3. The lowest BCUT2D eigenvalue weighted by molar-refractivity contribution is -0.129. The molecule has 0 aromatic heterocycles. The van der Waals surface area contributed by atoms with Gasteiger partial charge < -0.3 is 14.2 Å². The van der Waals surface area contributed by atoms with Gasteiger partial charge in [-0.05, 0) is 59.7 Å². The van der Waals surface area contributed by atoms with Crippen molar-refractivity contribution < 1.29 is 23.4 Å². The highest BCUT2D eigenvalue weighted by molar-refractivity contribution is 6.31. The van der Waals surface area contributed by atoms with Crippen molar-refractivity contribution in [3.05, 3.63) is 100.0 Å². The van der Waals surface area contributed by atoms with Crippen LogP contribution in [0.4, 0.5) is 4.39 Å². The van der Waals surface area contributed by atoms with Crippen LogP contribution in [-0.2, 0) is 16.1 Å². The molecule has 5 nitrogen and oxygen atoms in total. The number of carbonyl (C=O) groups is 1. The summed E-state index contributed by atoms with van der Waals surface area (Å²) in [5.41, 5.74) is 2.28. The number of halogens is 2. The molecule has 31 heavy (non-hydrogen) atoms. The molecule has 0 aliphatic carbocycles. The monoisotopic (exact) mass is 437 g/mol. The molecular weight excluding hydrogens is 421 g/mol. The third-order valence-electron chi connectivity index (χ3n) is 4.51. The molecule has 0 atom stereocenters. The Labute approximate surface area is 183 Å². The van der Waals surface area contributed by atoms with Gasteiger partial charge in [0.15, 0.2) is 5.70 Å². The quantitative estimate of drug-likeness (QED) is 0.382. The lowest BCUT2D eigenvalue weighted by Crippen LogP contribution is -2.07.